The van der Waals surface area contributed by atoms with Crippen molar-refractivity contribution < 1.29 is 21.2 Å². The fourth-order valence-electron chi connectivity index (χ4n) is 4.33. The Balaban J connectivity index is 1.71. The van der Waals surface area contributed by atoms with Crippen LogP contribution in [0.4, 0.5) is 4.39 Å². The van der Waals surface area contributed by atoms with E-state index in [2.05, 4.69) is 0 Å². The number of sulfone groups is 2. The van der Waals surface area contributed by atoms with Gasteiger partial charge in [0.2, 0.25) is 0 Å². The molecule has 0 spiro atoms. The second kappa shape index (κ2) is 6.93. The van der Waals surface area contributed by atoms with E-state index in [-0.39, 0.29) is 10.6 Å². The molecule has 0 N–H and O–H groups in total. The lowest BCUT2D eigenvalue weighted by molar-refractivity contribution is 0.195. The summed E-state index contributed by atoms with van der Waals surface area (Å²) in [5.74, 6) is -1.08. The molecule has 0 aromatic heterocycles. The van der Waals surface area contributed by atoms with Crippen molar-refractivity contribution in [3.8, 4) is 0 Å². The Morgan fingerprint density at radius 2 is 1.79 bits per heavy atom. The van der Waals surface area contributed by atoms with E-state index in [4.69, 9.17) is 0 Å². The van der Waals surface area contributed by atoms with Crippen molar-refractivity contribution in [2.75, 3.05) is 18.1 Å². The first-order chi connectivity index (χ1) is 13.2. The number of fused-ring (bicyclic) bond motifs is 1. The van der Waals surface area contributed by atoms with Gasteiger partial charge in [0.25, 0.3) is 0 Å². The first kappa shape index (κ1) is 19.5. The van der Waals surface area contributed by atoms with Crippen molar-refractivity contribution in [1.82, 2.24) is 4.90 Å². The molecule has 28 heavy (non-hydrogen) atoms. The molecular formula is C20H22FNO4S2. The molecule has 0 aliphatic carbocycles. The van der Waals surface area contributed by atoms with E-state index in [1.165, 1.54) is 24.6 Å². The second-order valence-corrected chi connectivity index (χ2v) is 11.9. The molecule has 2 aliphatic rings. The third kappa shape index (κ3) is 3.49. The number of benzene rings is 2. The van der Waals surface area contributed by atoms with Crippen LogP contribution in [0.5, 0.6) is 0 Å². The summed E-state index contributed by atoms with van der Waals surface area (Å²) in [4.78, 5) is 1.99. The standard InChI is InChI=1S/C20H22FNO4S2/c1-14-10-17(21)6-7-19(14)28(25,26)20-13-27(23,24)12-18(20)22-9-8-15-4-2-3-5-16(15)11-22/h2-7,10,18,20H,8-9,11-13H2,1H3/t18-,20-/m0/s1. The van der Waals surface area contributed by atoms with Gasteiger partial charge in [-0.25, -0.2) is 21.2 Å². The van der Waals surface area contributed by atoms with Crippen LogP contribution in [-0.4, -0.2) is 51.1 Å². The molecule has 4 rings (SSSR count). The quantitative estimate of drug-likeness (QED) is 0.708. The molecule has 2 aromatic rings. The Kier molecular flexibility index (Phi) is 4.84. The fraction of sp³-hybridized carbons (Fsp3) is 0.400. The summed E-state index contributed by atoms with van der Waals surface area (Å²) in [5.41, 5.74) is 2.62. The summed E-state index contributed by atoms with van der Waals surface area (Å²) in [6, 6.07) is 10.9. The van der Waals surface area contributed by atoms with E-state index in [1.54, 1.807) is 0 Å². The van der Waals surface area contributed by atoms with Crippen LogP contribution in [0.1, 0.15) is 16.7 Å². The maximum atomic E-state index is 13.4. The second-order valence-electron chi connectivity index (χ2n) is 7.63. The van der Waals surface area contributed by atoms with Crippen LogP contribution in [-0.2, 0) is 32.6 Å². The van der Waals surface area contributed by atoms with Crippen LogP contribution in [0.15, 0.2) is 47.4 Å². The highest BCUT2D eigenvalue weighted by molar-refractivity contribution is 7.96. The van der Waals surface area contributed by atoms with Gasteiger partial charge in [0, 0.05) is 19.1 Å². The van der Waals surface area contributed by atoms with Gasteiger partial charge >= 0.3 is 0 Å². The molecule has 2 heterocycles. The lowest BCUT2D eigenvalue weighted by Gasteiger charge is -2.35. The Morgan fingerprint density at radius 3 is 2.50 bits per heavy atom. The first-order valence-corrected chi connectivity index (χ1v) is 12.6. The molecule has 8 heteroatoms. The van der Waals surface area contributed by atoms with E-state index in [9.17, 15) is 21.2 Å². The Bertz CT molecular complexity index is 1130. The third-order valence-corrected chi connectivity index (χ3v) is 10.0. The molecule has 5 nitrogen and oxygen atoms in total. The van der Waals surface area contributed by atoms with Crippen LogP contribution < -0.4 is 0 Å². The lowest BCUT2D eigenvalue weighted by atomic mass is 9.98. The van der Waals surface area contributed by atoms with Gasteiger partial charge in [0.05, 0.1) is 21.7 Å². The molecule has 0 amide bonds. The number of aryl methyl sites for hydroxylation is 1. The van der Waals surface area contributed by atoms with Crippen molar-refractivity contribution in [2.45, 2.75) is 36.1 Å². The number of halogens is 1. The molecule has 0 saturated carbocycles. The average Bonchev–Trinajstić information content (AvgIpc) is 2.97. The van der Waals surface area contributed by atoms with Crippen molar-refractivity contribution in [3.63, 3.8) is 0 Å². The molecule has 2 aliphatic heterocycles. The van der Waals surface area contributed by atoms with Crippen LogP contribution in [0.25, 0.3) is 0 Å². The van der Waals surface area contributed by atoms with Crippen LogP contribution in [0.3, 0.4) is 0 Å². The van der Waals surface area contributed by atoms with Gasteiger partial charge in [-0.15, -0.1) is 0 Å². The zero-order valence-corrected chi connectivity index (χ0v) is 17.1. The van der Waals surface area contributed by atoms with Gasteiger partial charge in [-0.1, -0.05) is 24.3 Å². The van der Waals surface area contributed by atoms with Gasteiger partial charge < -0.3 is 0 Å². The van der Waals surface area contributed by atoms with Gasteiger partial charge in [-0.05, 0) is 48.2 Å². The highest BCUT2D eigenvalue weighted by Gasteiger charge is 2.48. The lowest BCUT2D eigenvalue weighted by Crippen LogP contribution is -2.48. The van der Waals surface area contributed by atoms with Crippen molar-refractivity contribution in [3.05, 3.63) is 65.0 Å². The Hall–Kier alpha value is -1.77. The van der Waals surface area contributed by atoms with Gasteiger partial charge in [0.1, 0.15) is 5.82 Å². The molecule has 2 aromatic carbocycles. The van der Waals surface area contributed by atoms with Crippen LogP contribution in [0, 0.1) is 12.7 Å². The number of hydrogen-bond donors (Lipinski definition) is 0. The topological polar surface area (TPSA) is 71.5 Å². The largest absolute Gasteiger partial charge is 0.293 e. The van der Waals surface area contributed by atoms with Crippen LogP contribution in [0.2, 0.25) is 0 Å². The molecule has 2 atom stereocenters. The smallest absolute Gasteiger partial charge is 0.184 e. The zero-order valence-electron chi connectivity index (χ0n) is 15.5. The monoisotopic (exact) mass is 423 g/mol. The molecule has 0 radical (unpaired) electrons. The van der Waals surface area contributed by atoms with E-state index in [0.717, 1.165) is 18.1 Å². The molecule has 0 bridgehead atoms. The summed E-state index contributed by atoms with van der Waals surface area (Å²) < 4.78 is 64.9. The average molecular weight is 424 g/mol. The maximum Gasteiger partial charge on any atom is 0.184 e. The van der Waals surface area contributed by atoms with E-state index < -0.39 is 42.5 Å². The normalized spacial score (nSPS) is 24.8. The Labute approximate surface area is 165 Å². The van der Waals surface area contributed by atoms with E-state index in [1.807, 2.05) is 29.2 Å². The summed E-state index contributed by atoms with van der Waals surface area (Å²) in [5, 5.41) is -1.05. The van der Waals surface area contributed by atoms with Gasteiger partial charge in [0.15, 0.2) is 19.7 Å². The minimum Gasteiger partial charge on any atom is -0.293 e. The summed E-state index contributed by atoms with van der Waals surface area (Å²) >= 11 is 0. The first-order valence-electron chi connectivity index (χ1n) is 9.19. The summed E-state index contributed by atoms with van der Waals surface area (Å²) in [6.07, 6.45) is 0.759. The molecular weight excluding hydrogens is 401 g/mol. The molecule has 150 valence electrons. The van der Waals surface area contributed by atoms with Gasteiger partial charge in [-0.3, -0.25) is 4.90 Å². The molecule has 0 unspecified atom stereocenters. The van der Waals surface area contributed by atoms with Gasteiger partial charge in [-0.2, -0.15) is 0 Å². The fourth-order valence-corrected chi connectivity index (χ4v) is 9.39. The van der Waals surface area contributed by atoms with Crippen molar-refractivity contribution in [1.29, 1.82) is 0 Å². The summed E-state index contributed by atoms with van der Waals surface area (Å²) in [7, 11) is -7.40. The maximum absolute atomic E-state index is 13.4. The van der Waals surface area contributed by atoms with Crippen LogP contribution >= 0.6 is 0 Å². The highest BCUT2D eigenvalue weighted by atomic mass is 32.2. The third-order valence-electron chi connectivity index (χ3n) is 5.74. The number of hydrogen-bond acceptors (Lipinski definition) is 5. The minimum atomic E-state index is -3.92. The summed E-state index contributed by atoms with van der Waals surface area (Å²) in [6.45, 7) is 2.68. The molecule has 1 fully saturated rings. The zero-order chi connectivity index (χ0) is 20.1. The minimum absolute atomic E-state index is 0.0124. The van der Waals surface area contributed by atoms with Crippen molar-refractivity contribution in [2.24, 2.45) is 0 Å². The number of rotatable bonds is 3. The number of nitrogens with zero attached hydrogens (tertiary/aromatic N) is 1. The van der Waals surface area contributed by atoms with E-state index >= 15 is 0 Å². The highest BCUT2D eigenvalue weighted by Crippen LogP contribution is 2.33. The SMILES string of the molecule is Cc1cc(F)ccc1S(=O)(=O)[C@H]1CS(=O)(=O)C[C@@H]1N1CCc2ccccc2C1. The van der Waals surface area contributed by atoms with E-state index in [0.29, 0.717) is 18.7 Å². The predicted octanol–water partition coefficient (Wildman–Crippen LogP) is 2.13. The Morgan fingerprint density at radius 1 is 1.07 bits per heavy atom. The molecule has 1 saturated heterocycles. The van der Waals surface area contributed by atoms with Crippen molar-refractivity contribution >= 4 is 19.7 Å². The predicted molar refractivity (Wildman–Crippen MR) is 105 cm³/mol.